The van der Waals surface area contributed by atoms with E-state index in [1.54, 1.807) is 0 Å². The molecule has 0 aliphatic carbocycles. The molecule has 0 heterocycles. The van der Waals surface area contributed by atoms with Crippen molar-refractivity contribution >= 4 is 31.6 Å². The van der Waals surface area contributed by atoms with Gasteiger partial charge in [0.15, 0.2) is 8.56 Å². The molecule has 0 amide bonds. The normalized spacial score (nSPS) is 10.4. The van der Waals surface area contributed by atoms with Crippen LogP contribution in [0.5, 0.6) is 0 Å². The first kappa shape index (κ1) is 21.6. The van der Waals surface area contributed by atoms with Crippen LogP contribution in [0.25, 0.3) is 0 Å². The van der Waals surface area contributed by atoms with Crippen molar-refractivity contribution in [3.05, 3.63) is 6.55 Å². The Morgan fingerprint density at radius 2 is 1.33 bits per heavy atom. The van der Waals surface area contributed by atoms with Gasteiger partial charge in [-0.15, -0.1) is 0 Å². The van der Waals surface area contributed by atoms with Crippen LogP contribution < -0.4 is 17.0 Å². The van der Waals surface area contributed by atoms with E-state index in [0.29, 0.717) is 0 Å². The largest absolute Gasteiger partial charge is 2.00 e. The molecule has 0 unspecified atom stereocenters. The van der Waals surface area contributed by atoms with E-state index in [-0.39, 0.29) is 40.0 Å². The monoisotopic (exact) mass is 306 g/mol. The molecule has 0 saturated carbocycles. The zero-order chi connectivity index (χ0) is 10.2. The van der Waals surface area contributed by atoms with Crippen molar-refractivity contribution in [2.24, 2.45) is 0 Å². The first-order chi connectivity index (χ1) is 6.12. The minimum Gasteiger partial charge on any atom is -1.00 e. The van der Waals surface area contributed by atoms with Crippen LogP contribution in [0.15, 0.2) is 0 Å². The van der Waals surface area contributed by atoms with Crippen molar-refractivity contribution < 1.29 is 25.8 Å². The number of hydrogen-bond acceptors (Lipinski definition) is 2. The number of rotatable bonds is 8. The van der Waals surface area contributed by atoms with E-state index in [9.17, 15) is 0 Å². The first-order valence-corrected chi connectivity index (χ1v) is 7.78. The van der Waals surface area contributed by atoms with E-state index >= 15 is 0 Å². The van der Waals surface area contributed by atoms with Crippen molar-refractivity contribution in [1.82, 2.24) is 0 Å². The maximum atomic E-state index is 5.62. The smallest absolute Gasteiger partial charge is 1.00 e. The summed E-state index contributed by atoms with van der Waals surface area (Å²) in [6.07, 6.45) is 4.55. The molecule has 0 spiro atoms. The molecule has 0 aromatic heterocycles. The summed E-state index contributed by atoms with van der Waals surface area (Å²) in [6.45, 7) is 11.9. The molecule has 88 valence electrons. The molecular formula is C10H23BrMgO2Si. The Kier molecular flexibility index (Phi) is 19.4. The second kappa shape index (κ2) is 13.4. The number of hydrogen-bond donors (Lipinski definition) is 0. The van der Waals surface area contributed by atoms with Gasteiger partial charge in [-0.25, -0.2) is 0 Å². The summed E-state index contributed by atoms with van der Waals surface area (Å²) in [7, 11) is -2.03. The Balaban J connectivity index is -0.000000720. The zero-order valence-electron chi connectivity index (χ0n) is 10.4. The van der Waals surface area contributed by atoms with Gasteiger partial charge in [0, 0.05) is 13.2 Å². The SMILES string of the molecule is [Br-].[CH2-][Si](C)(OCCCC)OCCCC.[Mg+2]. The summed E-state index contributed by atoms with van der Waals surface area (Å²) in [4.78, 5) is 0. The second-order valence-corrected chi connectivity index (χ2v) is 6.38. The Bertz CT molecular complexity index is 114. The molecule has 0 bridgehead atoms. The van der Waals surface area contributed by atoms with Crippen molar-refractivity contribution in [2.75, 3.05) is 13.2 Å². The summed E-state index contributed by atoms with van der Waals surface area (Å²) in [6, 6.07) is 0. The molecule has 5 heteroatoms. The fraction of sp³-hybridized carbons (Fsp3) is 0.900. The van der Waals surface area contributed by atoms with Crippen LogP contribution in [0.3, 0.4) is 0 Å². The maximum Gasteiger partial charge on any atom is 2.00 e. The molecule has 15 heavy (non-hydrogen) atoms. The average Bonchev–Trinajstić information content (AvgIpc) is 2.05. The van der Waals surface area contributed by atoms with E-state index in [4.69, 9.17) is 8.85 Å². The molecule has 0 aliphatic rings. The van der Waals surface area contributed by atoms with Gasteiger partial charge in [-0.05, 0) is 19.4 Å². The summed E-state index contributed by atoms with van der Waals surface area (Å²) in [5.41, 5.74) is 0. The summed E-state index contributed by atoms with van der Waals surface area (Å²) in [5, 5.41) is 0. The van der Waals surface area contributed by atoms with Crippen molar-refractivity contribution in [3.63, 3.8) is 0 Å². The molecule has 0 saturated heterocycles. The van der Waals surface area contributed by atoms with Crippen LogP contribution in [0.2, 0.25) is 6.55 Å². The topological polar surface area (TPSA) is 18.5 Å². The maximum absolute atomic E-state index is 5.62. The molecule has 2 nitrogen and oxygen atoms in total. The molecule has 0 aromatic rings. The van der Waals surface area contributed by atoms with E-state index in [0.717, 1.165) is 26.1 Å². The predicted octanol–water partition coefficient (Wildman–Crippen LogP) is -0.312. The van der Waals surface area contributed by atoms with Crippen LogP contribution in [-0.2, 0) is 8.85 Å². The van der Waals surface area contributed by atoms with Gasteiger partial charge in [-0.3, -0.25) is 6.55 Å². The van der Waals surface area contributed by atoms with Gasteiger partial charge >= 0.3 is 23.1 Å². The molecule has 0 aromatic carbocycles. The predicted molar refractivity (Wildman–Crippen MR) is 64.4 cm³/mol. The average molecular weight is 308 g/mol. The molecule has 0 aliphatic heterocycles. The molecule has 0 atom stereocenters. The summed E-state index contributed by atoms with van der Waals surface area (Å²) in [5.74, 6) is 0. The molecule has 0 N–H and O–H groups in total. The van der Waals surface area contributed by atoms with E-state index in [1.165, 1.54) is 12.8 Å². The van der Waals surface area contributed by atoms with Crippen molar-refractivity contribution in [1.29, 1.82) is 0 Å². The van der Waals surface area contributed by atoms with Crippen molar-refractivity contribution in [3.8, 4) is 0 Å². The van der Waals surface area contributed by atoms with Gasteiger partial charge in [0.25, 0.3) is 0 Å². The minimum absolute atomic E-state index is 0. The third kappa shape index (κ3) is 15.4. The Labute approximate surface area is 123 Å². The summed E-state index contributed by atoms with van der Waals surface area (Å²) < 4.78 is 11.2. The fourth-order valence-corrected chi connectivity index (χ4v) is 2.14. The van der Waals surface area contributed by atoms with Gasteiger partial charge in [0.1, 0.15) is 0 Å². The van der Waals surface area contributed by atoms with Gasteiger partial charge in [-0.2, -0.15) is 0 Å². The van der Waals surface area contributed by atoms with Gasteiger partial charge < -0.3 is 25.8 Å². The summed E-state index contributed by atoms with van der Waals surface area (Å²) >= 11 is 0. The third-order valence-electron chi connectivity index (χ3n) is 1.81. The Morgan fingerprint density at radius 1 is 1.00 bits per heavy atom. The third-order valence-corrected chi connectivity index (χ3v) is 3.44. The van der Waals surface area contributed by atoms with Crippen LogP contribution in [0, 0.1) is 6.55 Å². The van der Waals surface area contributed by atoms with E-state index in [2.05, 4.69) is 20.4 Å². The van der Waals surface area contributed by atoms with Crippen LogP contribution in [-0.4, -0.2) is 44.8 Å². The minimum atomic E-state index is -2.03. The quantitative estimate of drug-likeness (QED) is 0.348. The number of halogens is 1. The van der Waals surface area contributed by atoms with E-state index < -0.39 is 8.56 Å². The molecule has 0 rings (SSSR count). The first-order valence-electron chi connectivity index (χ1n) is 5.25. The number of unbranched alkanes of at least 4 members (excludes halogenated alkanes) is 2. The Hall–Kier alpha value is 1.38. The fourth-order valence-electron chi connectivity index (χ4n) is 0.906. The van der Waals surface area contributed by atoms with Gasteiger partial charge in [0.05, 0.1) is 0 Å². The van der Waals surface area contributed by atoms with Gasteiger partial charge in [0.2, 0.25) is 0 Å². The standard InChI is InChI=1S/C10H23O2Si.BrH.Mg/c1-5-7-9-11-13(3,4)12-10-8-6-2;;/h3,5-10H2,1-2,4H3;1H;/q-1;;+2/p-1. The zero-order valence-corrected chi connectivity index (χ0v) is 14.4. The molecule has 0 radical (unpaired) electrons. The molecule has 0 fully saturated rings. The van der Waals surface area contributed by atoms with Crippen LogP contribution >= 0.6 is 0 Å². The van der Waals surface area contributed by atoms with Crippen LogP contribution in [0.1, 0.15) is 39.5 Å². The van der Waals surface area contributed by atoms with E-state index in [1.807, 2.05) is 6.55 Å². The Morgan fingerprint density at radius 3 is 1.60 bits per heavy atom. The molecular weight excluding hydrogens is 284 g/mol. The van der Waals surface area contributed by atoms with Crippen LogP contribution in [0.4, 0.5) is 0 Å². The second-order valence-electron chi connectivity index (χ2n) is 3.54. The van der Waals surface area contributed by atoms with Gasteiger partial charge in [-0.1, -0.05) is 26.7 Å². The van der Waals surface area contributed by atoms with Crippen molar-refractivity contribution in [2.45, 2.75) is 46.1 Å².